The number of benzene rings is 2. The fourth-order valence-corrected chi connectivity index (χ4v) is 3.06. The molecule has 0 spiro atoms. The highest BCUT2D eigenvalue weighted by Gasteiger charge is 2.08. The summed E-state index contributed by atoms with van der Waals surface area (Å²) in [5, 5.41) is 5.18. The lowest BCUT2D eigenvalue weighted by Crippen LogP contribution is -2.08. The standard InChI is InChI=1S/C20H16N6O/c1-2-4-17-15(3-1)5-8-20(24-17)26-14-22-18-11-16(6-7-19(18)26)27-10-9-25-13-21-12-23-25/h1-8,11-14H,9-10H2. The number of imidazole rings is 1. The van der Waals surface area contributed by atoms with Crippen molar-refractivity contribution in [3.63, 3.8) is 0 Å². The number of hydrogen-bond donors (Lipinski definition) is 0. The van der Waals surface area contributed by atoms with Crippen LogP contribution in [0, 0.1) is 0 Å². The molecule has 0 saturated carbocycles. The van der Waals surface area contributed by atoms with Crippen LogP contribution in [-0.2, 0) is 6.54 Å². The molecule has 0 unspecified atom stereocenters. The molecule has 0 saturated heterocycles. The molecule has 7 heteroatoms. The van der Waals surface area contributed by atoms with E-state index < -0.39 is 0 Å². The molecular formula is C20H16N6O. The predicted octanol–water partition coefficient (Wildman–Crippen LogP) is 3.24. The van der Waals surface area contributed by atoms with Gasteiger partial charge in [0.25, 0.3) is 0 Å². The number of fused-ring (bicyclic) bond motifs is 2. The minimum atomic E-state index is 0.516. The van der Waals surface area contributed by atoms with Gasteiger partial charge in [-0.25, -0.2) is 19.6 Å². The minimum absolute atomic E-state index is 0.516. The van der Waals surface area contributed by atoms with Crippen molar-refractivity contribution in [2.24, 2.45) is 0 Å². The van der Waals surface area contributed by atoms with E-state index in [9.17, 15) is 0 Å². The Morgan fingerprint density at radius 2 is 1.89 bits per heavy atom. The maximum atomic E-state index is 5.81. The van der Waals surface area contributed by atoms with Crippen LogP contribution in [0.3, 0.4) is 0 Å². The molecule has 0 atom stereocenters. The monoisotopic (exact) mass is 356 g/mol. The van der Waals surface area contributed by atoms with Gasteiger partial charge in [0.05, 0.1) is 23.1 Å². The quantitative estimate of drug-likeness (QED) is 0.483. The second-order valence-electron chi connectivity index (χ2n) is 6.13. The zero-order valence-corrected chi connectivity index (χ0v) is 14.4. The van der Waals surface area contributed by atoms with E-state index >= 15 is 0 Å². The summed E-state index contributed by atoms with van der Waals surface area (Å²) in [4.78, 5) is 13.2. The third-order valence-corrected chi connectivity index (χ3v) is 4.40. The first-order valence-corrected chi connectivity index (χ1v) is 8.65. The Balaban J connectivity index is 1.41. The summed E-state index contributed by atoms with van der Waals surface area (Å²) in [7, 11) is 0. The van der Waals surface area contributed by atoms with Gasteiger partial charge in [-0.2, -0.15) is 5.10 Å². The molecule has 0 amide bonds. The highest BCUT2D eigenvalue weighted by atomic mass is 16.5. The number of hydrogen-bond acceptors (Lipinski definition) is 5. The van der Waals surface area contributed by atoms with Gasteiger partial charge < -0.3 is 4.74 Å². The van der Waals surface area contributed by atoms with Gasteiger partial charge in [0.15, 0.2) is 0 Å². The van der Waals surface area contributed by atoms with E-state index in [4.69, 9.17) is 9.72 Å². The molecule has 7 nitrogen and oxygen atoms in total. The molecule has 3 aromatic heterocycles. The lowest BCUT2D eigenvalue weighted by molar-refractivity contribution is 0.291. The average molecular weight is 356 g/mol. The summed E-state index contributed by atoms with van der Waals surface area (Å²) < 4.78 is 9.53. The molecule has 5 aromatic rings. The van der Waals surface area contributed by atoms with Crippen LogP contribution < -0.4 is 4.74 Å². The highest BCUT2D eigenvalue weighted by Crippen LogP contribution is 2.23. The van der Waals surface area contributed by atoms with Gasteiger partial charge in [0.1, 0.15) is 37.2 Å². The van der Waals surface area contributed by atoms with Gasteiger partial charge in [-0.15, -0.1) is 0 Å². The Morgan fingerprint density at radius 3 is 2.81 bits per heavy atom. The molecule has 0 N–H and O–H groups in total. The average Bonchev–Trinajstić information content (AvgIpc) is 3.37. The Hall–Kier alpha value is -3.74. The van der Waals surface area contributed by atoms with E-state index in [1.165, 1.54) is 6.33 Å². The van der Waals surface area contributed by atoms with Crippen LogP contribution >= 0.6 is 0 Å². The zero-order chi connectivity index (χ0) is 18.1. The summed E-state index contributed by atoms with van der Waals surface area (Å²) in [5.74, 6) is 1.62. The number of pyridine rings is 1. The molecule has 0 radical (unpaired) electrons. The molecule has 0 aliphatic heterocycles. The number of nitrogens with zero attached hydrogens (tertiary/aromatic N) is 6. The zero-order valence-electron chi connectivity index (χ0n) is 14.4. The van der Waals surface area contributed by atoms with Crippen molar-refractivity contribution in [3.05, 3.63) is 73.6 Å². The third kappa shape index (κ3) is 2.99. The fraction of sp³-hybridized carbons (Fsp3) is 0.100. The van der Waals surface area contributed by atoms with E-state index in [0.717, 1.165) is 33.5 Å². The molecular weight excluding hydrogens is 340 g/mol. The summed E-state index contributed by atoms with van der Waals surface area (Å²) in [5.41, 5.74) is 2.81. The van der Waals surface area contributed by atoms with Crippen molar-refractivity contribution < 1.29 is 4.74 Å². The molecule has 0 fully saturated rings. The first-order valence-electron chi connectivity index (χ1n) is 8.65. The van der Waals surface area contributed by atoms with Crippen molar-refractivity contribution in [1.29, 1.82) is 0 Å². The van der Waals surface area contributed by atoms with E-state index in [-0.39, 0.29) is 0 Å². The largest absolute Gasteiger partial charge is 0.492 e. The van der Waals surface area contributed by atoms with E-state index in [1.54, 1.807) is 17.3 Å². The van der Waals surface area contributed by atoms with Gasteiger partial charge in [0.2, 0.25) is 0 Å². The summed E-state index contributed by atoms with van der Waals surface area (Å²) in [6.07, 6.45) is 4.98. The molecule has 27 heavy (non-hydrogen) atoms. The smallest absolute Gasteiger partial charge is 0.139 e. The number of para-hydroxylation sites is 1. The maximum Gasteiger partial charge on any atom is 0.139 e. The van der Waals surface area contributed by atoms with Gasteiger partial charge in [0, 0.05) is 11.5 Å². The van der Waals surface area contributed by atoms with E-state index in [0.29, 0.717) is 13.2 Å². The summed E-state index contributed by atoms with van der Waals surface area (Å²) in [6.45, 7) is 1.16. The summed E-state index contributed by atoms with van der Waals surface area (Å²) >= 11 is 0. The van der Waals surface area contributed by atoms with Crippen molar-refractivity contribution in [2.45, 2.75) is 6.54 Å². The first kappa shape index (κ1) is 15.5. The predicted molar refractivity (Wildman–Crippen MR) is 102 cm³/mol. The second kappa shape index (κ2) is 6.53. The first-order chi connectivity index (χ1) is 13.4. The molecule has 5 rings (SSSR count). The highest BCUT2D eigenvalue weighted by molar-refractivity contribution is 5.81. The van der Waals surface area contributed by atoms with Crippen LogP contribution in [-0.4, -0.2) is 35.9 Å². The maximum absolute atomic E-state index is 5.81. The van der Waals surface area contributed by atoms with Gasteiger partial charge in [-0.1, -0.05) is 18.2 Å². The van der Waals surface area contributed by atoms with Crippen LogP contribution in [0.25, 0.3) is 27.8 Å². The molecule has 0 bridgehead atoms. The lowest BCUT2D eigenvalue weighted by Gasteiger charge is -2.07. The SMILES string of the molecule is c1ccc2nc(-n3cnc4cc(OCCn5cncn5)ccc43)ccc2c1. The molecule has 0 aliphatic rings. The Kier molecular flexibility index (Phi) is 3.75. The third-order valence-electron chi connectivity index (χ3n) is 4.40. The van der Waals surface area contributed by atoms with Gasteiger partial charge in [-0.3, -0.25) is 4.57 Å². The molecule has 2 aromatic carbocycles. The van der Waals surface area contributed by atoms with Crippen molar-refractivity contribution in [3.8, 4) is 11.6 Å². The minimum Gasteiger partial charge on any atom is -0.492 e. The lowest BCUT2D eigenvalue weighted by atomic mass is 10.2. The van der Waals surface area contributed by atoms with Crippen molar-refractivity contribution in [2.75, 3.05) is 6.61 Å². The number of rotatable bonds is 5. The fourth-order valence-electron chi connectivity index (χ4n) is 3.06. The van der Waals surface area contributed by atoms with Crippen molar-refractivity contribution >= 4 is 21.9 Å². The van der Waals surface area contributed by atoms with Crippen LogP contribution in [0.4, 0.5) is 0 Å². The molecule has 132 valence electrons. The Labute approximate surface area is 154 Å². The van der Waals surface area contributed by atoms with Gasteiger partial charge >= 0.3 is 0 Å². The van der Waals surface area contributed by atoms with Crippen LogP contribution in [0.1, 0.15) is 0 Å². The second-order valence-corrected chi connectivity index (χ2v) is 6.13. The van der Waals surface area contributed by atoms with E-state index in [2.05, 4.69) is 27.2 Å². The Bertz CT molecular complexity index is 1210. The van der Waals surface area contributed by atoms with E-state index in [1.807, 2.05) is 47.0 Å². The summed E-state index contributed by atoms with van der Waals surface area (Å²) in [6, 6.07) is 18.0. The molecule has 0 aliphatic carbocycles. The van der Waals surface area contributed by atoms with Crippen LogP contribution in [0.2, 0.25) is 0 Å². The Morgan fingerprint density at radius 1 is 0.926 bits per heavy atom. The molecule has 3 heterocycles. The van der Waals surface area contributed by atoms with Crippen LogP contribution in [0.15, 0.2) is 73.6 Å². The normalized spacial score (nSPS) is 11.3. The number of ether oxygens (including phenoxy) is 1. The van der Waals surface area contributed by atoms with Crippen LogP contribution in [0.5, 0.6) is 5.75 Å². The van der Waals surface area contributed by atoms with Crippen molar-refractivity contribution in [1.82, 2.24) is 29.3 Å². The number of aromatic nitrogens is 6. The topological polar surface area (TPSA) is 70.7 Å². The van der Waals surface area contributed by atoms with Gasteiger partial charge in [-0.05, 0) is 30.3 Å².